The summed E-state index contributed by atoms with van der Waals surface area (Å²) in [6, 6.07) is 20.8. The summed E-state index contributed by atoms with van der Waals surface area (Å²) in [7, 11) is 1.67. The molecular weight excluding hydrogens is 481 g/mol. The normalized spacial score (nSPS) is 16.8. The van der Waals surface area contributed by atoms with Crippen LogP contribution < -0.4 is 20.5 Å². The van der Waals surface area contributed by atoms with Gasteiger partial charge in [0.15, 0.2) is 0 Å². The third-order valence-corrected chi connectivity index (χ3v) is 6.94. The standard InChI is InChI=1S/C31H34FN3O3/c1-21(2)19-30(37)34-33-29(36)16-7-22-5-8-24(9-6-22)31(3)28-15-14-27(38-4)20-23(28)17-18-35(31)26-12-10-25(32)11-13-26/h5-16,20-21H,17-19H2,1-4H3,(H,33,36)(H,34,37). The van der Waals surface area contributed by atoms with Crippen LogP contribution in [-0.2, 0) is 21.5 Å². The summed E-state index contributed by atoms with van der Waals surface area (Å²) < 4.78 is 19.2. The van der Waals surface area contributed by atoms with Gasteiger partial charge in [0.2, 0.25) is 5.91 Å². The summed E-state index contributed by atoms with van der Waals surface area (Å²) in [6.07, 6.45) is 4.27. The van der Waals surface area contributed by atoms with E-state index in [-0.39, 0.29) is 17.6 Å². The largest absolute Gasteiger partial charge is 0.497 e. The van der Waals surface area contributed by atoms with Crippen LogP contribution in [0, 0.1) is 11.7 Å². The molecule has 3 aromatic rings. The molecule has 3 aromatic carbocycles. The van der Waals surface area contributed by atoms with Crippen LogP contribution in [-0.4, -0.2) is 25.5 Å². The zero-order chi connectivity index (χ0) is 27.3. The zero-order valence-corrected chi connectivity index (χ0v) is 22.3. The summed E-state index contributed by atoms with van der Waals surface area (Å²) >= 11 is 0. The van der Waals surface area contributed by atoms with E-state index in [4.69, 9.17) is 4.74 Å². The Kier molecular flexibility index (Phi) is 8.15. The third kappa shape index (κ3) is 5.88. The quantitative estimate of drug-likeness (QED) is 0.328. The molecule has 0 fully saturated rings. The molecule has 7 heteroatoms. The van der Waals surface area contributed by atoms with Gasteiger partial charge in [-0.25, -0.2) is 4.39 Å². The number of nitrogens with zero attached hydrogens (tertiary/aromatic N) is 1. The maximum atomic E-state index is 13.7. The van der Waals surface area contributed by atoms with Gasteiger partial charge in [-0.3, -0.25) is 20.4 Å². The molecule has 2 N–H and O–H groups in total. The zero-order valence-electron chi connectivity index (χ0n) is 22.3. The van der Waals surface area contributed by atoms with Gasteiger partial charge in [0.25, 0.3) is 5.91 Å². The number of amides is 2. The van der Waals surface area contributed by atoms with E-state index in [2.05, 4.69) is 46.9 Å². The Morgan fingerprint density at radius 1 is 1.05 bits per heavy atom. The number of carbonyl (C=O) groups excluding carboxylic acids is 2. The number of fused-ring (bicyclic) bond motifs is 1. The lowest BCUT2D eigenvalue weighted by atomic mass is 9.76. The van der Waals surface area contributed by atoms with Crippen LogP contribution in [0.4, 0.5) is 10.1 Å². The highest BCUT2D eigenvalue weighted by molar-refractivity contribution is 5.93. The molecule has 1 aliphatic heterocycles. The van der Waals surface area contributed by atoms with Gasteiger partial charge in [0, 0.05) is 24.7 Å². The lowest BCUT2D eigenvalue weighted by molar-refractivity contribution is -0.127. The Hall–Kier alpha value is -4.13. The van der Waals surface area contributed by atoms with E-state index >= 15 is 0 Å². The Balaban J connectivity index is 1.60. The monoisotopic (exact) mass is 515 g/mol. The van der Waals surface area contributed by atoms with Crippen molar-refractivity contribution >= 4 is 23.6 Å². The highest BCUT2D eigenvalue weighted by Gasteiger charge is 2.40. The van der Waals surface area contributed by atoms with Gasteiger partial charge in [0.05, 0.1) is 12.6 Å². The molecule has 1 heterocycles. The van der Waals surface area contributed by atoms with Crippen molar-refractivity contribution in [3.63, 3.8) is 0 Å². The fourth-order valence-electron chi connectivity index (χ4n) is 4.99. The molecule has 0 aliphatic carbocycles. The first-order chi connectivity index (χ1) is 18.2. The summed E-state index contributed by atoms with van der Waals surface area (Å²) in [5.41, 5.74) is 9.54. The van der Waals surface area contributed by atoms with Crippen molar-refractivity contribution in [2.24, 2.45) is 5.92 Å². The molecule has 0 aromatic heterocycles. The van der Waals surface area contributed by atoms with Gasteiger partial charge in [-0.2, -0.15) is 0 Å². The van der Waals surface area contributed by atoms with Gasteiger partial charge in [0.1, 0.15) is 11.6 Å². The first kappa shape index (κ1) is 26.9. The fraction of sp³-hybridized carbons (Fsp3) is 0.290. The summed E-state index contributed by atoms with van der Waals surface area (Å²) in [5, 5.41) is 0. The molecule has 4 rings (SSSR count). The van der Waals surface area contributed by atoms with E-state index in [9.17, 15) is 14.0 Å². The minimum Gasteiger partial charge on any atom is -0.497 e. The molecule has 0 saturated carbocycles. The first-order valence-electron chi connectivity index (χ1n) is 12.8. The number of rotatable bonds is 7. The topological polar surface area (TPSA) is 70.7 Å². The molecule has 0 radical (unpaired) electrons. The van der Waals surface area contributed by atoms with Crippen LogP contribution in [0.2, 0.25) is 0 Å². The second-order valence-corrected chi connectivity index (χ2v) is 10.1. The fourth-order valence-corrected chi connectivity index (χ4v) is 4.99. The predicted molar refractivity (Wildman–Crippen MR) is 148 cm³/mol. The third-order valence-electron chi connectivity index (χ3n) is 6.94. The summed E-state index contributed by atoms with van der Waals surface area (Å²) in [5.74, 6) is 0.129. The van der Waals surface area contributed by atoms with Crippen molar-refractivity contribution in [3.05, 3.63) is 101 Å². The van der Waals surface area contributed by atoms with Gasteiger partial charge >= 0.3 is 0 Å². The van der Waals surface area contributed by atoms with Crippen molar-refractivity contribution in [1.82, 2.24) is 10.9 Å². The Morgan fingerprint density at radius 3 is 2.42 bits per heavy atom. The van der Waals surface area contributed by atoms with Gasteiger partial charge in [-0.1, -0.05) is 44.2 Å². The van der Waals surface area contributed by atoms with Crippen molar-refractivity contribution in [3.8, 4) is 5.75 Å². The highest BCUT2D eigenvalue weighted by atomic mass is 19.1. The average molecular weight is 516 g/mol. The van der Waals surface area contributed by atoms with E-state index in [1.54, 1.807) is 13.2 Å². The molecule has 0 bridgehead atoms. The Labute approximate surface area is 223 Å². The molecule has 1 atom stereocenters. The number of methoxy groups -OCH3 is 1. The second-order valence-electron chi connectivity index (χ2n) is 10.1. The highest BCUT2D eigenvalue weighted by Crippen LogP contribution is 2.44. The maximum absolute atomic E-state index is 13.7. The van der Waals surface area contributed by atoms with E-state index in [0.717, 1.165) is 41.1 Å². The maximum Gasteiger partial charge on any atom is 0.262 e. The van der Waals surface area contributed by atoms with Gasteiger partial charge in [-0.15, -0.1) is 0 Å². The van der Waals surface area contributed by atoms with Crippen molar-refractivity contribution in [2.45, 2.75) is 39.2 Å². The summed E-state index contributed by atoms with van der Waals surface area (Å²) in [4.78, 5) is 26.2. The number of hydrazine groups is 1. The van der Waals surface area contributed by atoms with E-state index < -0.39 is 11.4 Å². The van der Waals surface area contributed by atoms with Crippen LogP contribution in [0.3, 0.4) is 0 Å². The molecular formula is C31H34FN3O3. The molecule has 198 valence electrons. The number of hydrogen-bond acceptors (Lipinski definition) is 4. The smallest absolute Gasteiger partial charge is 0.262 e. The molecule has 0 spiro atoms. The van der Waals surface area contributed by atoms with E-state index in [0.29, 0.717) is 6.42 Å². The average Bonchev–Trinajstić information content (AvgIpc) is 2.91. The Bertz CT molecular complexity index is 1320. The number of ether oxygens (including phenoxy) is 1. The number of carbonyl (C=O) groups is 2. The van der Waals surface area contributed by atoms with Crippen molar-refractivity contribution < 1.29 is 18.7 Å². The summed E-state index contributed by atoms with van der Waals surface area (Å²) in [6.45, 7) is 6.81. The molecule has 38 heavy (non-hydrogen) atoms. The second kappa shape index (κ2) is 11.5. The molecule has 6 nitrogen and oxygen atoms in total. The van der Waals surface area contributed by atoms with Gasteiger partial charge < -0.3 is 9.64 Å². The minimum absolute atomic E-state index is 0.208. The molecule has 2 amide bonds. The SMILES string of the molecule is COc1ccc2c(c1)CCN(c1ccc(F)cc1)C2(C)c1ccc(C=CC(=O)NNC(=O)CC(C)C)cc1. The lowest BCUT2D eigenvalue weighted by Gasteiger charge is -2.48. The van der Waals surface area contributed by atoms with Crippen LogP contribution in [0.15, 0.2) is 72.8 Å². The van der Waals surface area contributed by atoms with Crippen LogP contribution in [0.1, 0.15) is 49.4 Å². The number of hydrogen-bond donors (Lipinski definition) is 2. The Morgan fingerprint density at radius 2 is 1.76 bits per heavy atom. The first-order valence-corrected chi connectivity index (χ1v) is 12.8. The van der Waals surface area contributed by atoms with Crippen molar-refractivity contribution in [2.75, 3.05) is 18.6 Å². The number of benzene rings is 3. The van der Waals surface area contributed by atoms with E-state index in [1.807, 2.05) is 44.2 Å². The van der Waals surface area contributed by atoms with Crippen LogP contribution in [0.5, 0.6) is 5.75 Å². The van der Waals surface area contributed by atoms with Crippen LogP contribution >= 0.6 is 0 Å². The molecule has 1 unspecified atom stereocenters. The minimum atomic E-state index is -0.516. The van der Waals surface area contributed by atoms with E-state index in [1.165, 1.54) is 23.8 Å². The molecule has 1 aliphatic rings. The van der Waals surface area contributed by atoms with Gasteiger partial charge in [-0.05, 0) is 84.0 Å². The lowest BCUT2D eigenvalue weighted by Crippen LogP contribution is -2.49. The predicted octanol–water partition coefficient (Wildman–Crippen LogP) is 5.37. The molecule has 0 saturated heterocycles. The van der Waals surface area contributed by atoms with Crippen molar-refractivity contribution in [1.29, 1.82) is 0 Å². The number of halogens is 1. The number of anilines is 1. The number of nitrogens with one attached hydrogen (secondary N) is 2. The van der Waals surface area contributed by atoms with Crippen LogP contribution in [0.25, 0.3) is 6.08 Å².